The van der Waals surface area contributed by atoms with Gasteiger partial charge in [0.1, 0.15) is 5.70 Å². The van der Waals surface area contributed by atoms with Gasteiger partial charge in [0.05, 0.1) is 17.7 Å². The van der Waals surface area contributed by atoms with Crippen molar-refractivity contribution in [2.24, 2.45) is 0 Å². The van der Waals surface area contributed by atoms with E-state index in [2.05, 4.69) is 5.32 Å². The normalized spacial score (nSPS) is 14.5. The number of imide groups is 1. The van der Waals surface area contributed by atoms with Crippen LogP contribution in [0, 0.1) is 0 Å². The summed E-state index contributed by atoms with van der Waals surface area (Å²) in [5.74, 6) is -1.17. The number of carbonyl (C=O) groups is 2. The average Bonchev–Trinajstić information content (AvgIpc) is 3.32. The molecule has 31 heavy (non-hydrogen) atoms. The molecule has 1 aliphatic heterocycles. The van der Waals surface area contributed by atoms with Crippen molar-refractivity contribution in [3.8, 4) is 0 Å². The van der Waals surface area contributed by atoms with Crippen LogP contribution in [0.1, 0.15) is 16.0 Å². The molecule has 0 saturated carbocycles. The smallest absolute Gasteiger partial charge is 0.350 e. The van der Waals surface area contributed by atoms with E-state index in [0.29, 0.717) is 15.5 Å². The molecular weight excluding hydrogens is 449 g/mol. The van der Waals surface area contributed by atoms with Crippen LogP contribution in [0.15, 0.2) is 71.7 Å². The van der Waals surface area contributed by atoms with Crippen LogP contribution in [0.3, 0.4) is 0 Å². The minimum atomic E-state index is -4.53. The van der Waals surface area contributed by atoms with Gasteiger partial charge in [-0.3, -0.25) is 14.5 Å². The van der Waals surface area contributed by atoms with Crippen molar-refractivity contribution in [1.82, 2.24) is 4.90 Å². The lowest BCUT2D eigenvalue weighted by Gasteiger charge is -2.16. The van der Waals surface area contributed by atoms with E-state index in [1.807, 2.05) is 0 Å². The Balaban J connectivity index is 1.72. The standard InChI is InChI=1S/C22H14ClF3N2O2S/c23-16-8-2-1-5-13(16)12-28-20(29)18(17-9-4-10-31-17)19(21(28)30)27-15-7-3-6-14(11-15)22(24,25)26/h1-11,27H,12H2. The van der Waals surface area contributed by atoms with E-state index >= 15 is 0 Å². The van der Waals surface area contributed by atoms with Gasteiger partial charge in [-0.05, 0) is 41.3 Å². The van der Waals surface area contributed by atoms with E-state index in [1.165, 1.54) is 23.5 Å². The minimum Gasteiger partial charge on any atom is -0.350 e. The molecule has 0 saturated heterocycles. The minimum absolute atomic E-state index is 0.0552. The number of nitrogens with one attached hydrogen (secondary N) is 1. The Morgan fingerprint density at radius 2 is 1.74 bits per heavy atom. The highest BCUT2D eigenvalue weighted by atomic mass is 35.5. The van der Waals surface area contributed by atoms with Gasteiger partial charge < -0.3 is 5.32 Å². The third kappa shape index (κ3) is 4.22. The molecule has 1 N–H and O–H groups in total. The van der Waals surface area contributed by atoms with Gasteiger partial charge in [0, 0.05) is 15.6 Å². The number of benzene rings is 2. The van der Waals surface area contributed by atoms with E-state index in [9.17, 15) is 22.8 Å². The summed E-state index contributed by atoms with van der Waals surface area (Å²) in [4.78, 5) is 27.9. The number of thiophene rings is 1. The van der Waals surface area contributed by atoms with Gasteiger partial charge in [-0.25, -0.2) is 0 Å². The SMILES string of the molecule is O=C1C(Nc2cccc(C(F)(F)F)c2)=C(c2cccs2)C(=O)N1Cc1ccccc1Cl. The van der Waals surface area contributed by atoms with Crippen molar-refractivity contribution in [3.63, 3.8) is 0 Å². The highest BCUT2D eigenvalue weighted by Gasteiger charge is 2.40. The van der Waals surface area contributed by atoms with Gasteiger partial charge in [0.25, 0.3) is 11.8 Å². The van der Waals surface area contributed by atoms with Crippen LogP contribution in [0.5, 0.6) is 0 Å². The Morgan fingerprint density at radius 1 is 0.968 bits per heavy atom. The first kappa shape index (κ1) is 21.1. The highest BCUT2D eigenvalue weighted by molar-refractivity contribution is 7.11. The zero-order valence-electron chi connectivity index (χ0n) is 15.7. The summed E-state index contributed by atoms with van der Waals surface area (Å²) in [5.41, 5.74) is -0.180. The Kier molecular flexibility index (Phi) is 5.60. The van der Waals surface area contributed by atoms with Crippen LogP contribution in [0.4, 0.5) is 18.9 Å². The van der Waals surface area contributed by atoms with Crippen molar-refractivity contribution in [2.45, 2.75) is 12.7 Å². The van der Waals surface area contributed by atoms with E-state index < -0.39 is 23.6 Å². The Labute approximate surface area is 184 Å². The van der Waals surface area contributed by atoms with Crippen molar-refractivity contribution in [2.75, 3.05) is 5.32 Å². The number of alkyl halides is 3. The average molecular weight is 463 g/mol. The fourth-order valence-corrected chi connectivity index (χ4v) is 4.16. The molecule has 9 heteroatoms. The first-order valence-electron chi connectivity index (χ1n) is 9.08. The summed E-state index contributed by atoms with van der Waals surface area (Å²) in [6.07, 6.45) is -4.53. The monoisotopic (exact) mass is 462 g/mol. The third-order valence-corrected chi connectivity index (χ3v) is 5.94. The topological polar surface area (TPSA) is 49.4 Å². The predicted octanol–water partition coefficient (Wildman–Crippen LogP) is 5.81. The summed E-state index contributed by atoms with van der Waals surface area (Å²) in [5, 5.41) is 4.90. The molecule has 1 aliphatic rings. The second-order valence-electron chi connectivity index (χ2n) is 6.72. The van der Waals surface area contributed by atoms with Gasteiger partial charge in [0.2, 0.25) is 0 Å². The molecule has 0 fully saturated rings. The summed E-state index contributed by atoms with van der Waals surface area (Å²) in [7, 11) is 0. The highest BCUT2D eigenvalue weighted by Crippen LogP contribution is 2.36. The molecule has 2 amide bonds. The van der Waals surface area contributed by atoms with E-state index in [4.69, 9.17) is 11.6 Å². The third-order valence-electron chi connectivity index (χ3n) is 4.68. The van der Waals surface area contributed by atoms with Crippen LogP contribution in [-0.2, 0) is 22.3 Å². The molecule has 0 atom stereocenters. The number of hydrogen-bond donors (Lipinski definition) is 1. The molecule has 0 radical (unpaired) electrons. The van der Waals surface area contributed by atoms with Gasteiger partial charge in [-0.1, -0.05) is 41.9 Å². The molecule has 0 spiro atoms. The summed E-state index contributed by atoms with van der Waals surface area (Å²) >= 11 is 7.43. The molecule has 0 unspecified atom stereocenters. The number of hydrogen-bond acceptors (Lipinski definition) is 4. The molecule has 4 nitrogen and oxygen atoms in total. The predicted molar refractivity (Wildman–Crippen MR) is 113 cm³/mol. The number of amides is 2. The number of carbonyl (C=O) groups excluding carboxylic acids is 2. The fourth-order valence-electron chi connectivity index (χ4n) is 3.20. The van der Waals surface area contributed by atoms with Crippen LogP contribution in [0.25, 0.3) is 5.57 Å². The molecular formula is C22H14ClF3N2O2S. The summed E-state index contributed by atoms with van der Waals surface area (Å²) < 4.78 is 39.2. The number of halogens is 4. The van der Waals surface area contributed by atoms with E-state index in [1.54, 1.807) is 41.8 Å². The number of anilines is 1. The molecule has 2 aromatic carbocycles. The van der Waals surface area contributed by atoms with E-state index in [-0.39, 0.29) is 23.5 Å². The van der Waals surface area contributed by atoms with Gasteiger partial charge in [-0.2, -0.15) is 13.2 Å². The van der Waals surface area contributed by atoms with Crippen molar-refractivity contribution < 1.29 is 22.8 Å². The quantitative estimate of drug-likeness (QED) is 0.486. The van der Waals surface area contributed by atoms with Gasteiger partial charge in [-0.15, -0.1) is 11.3 Å². The van der Waals surface area contributed by atoms with Gasteiger partial charge >= 0.3 is 6.18 Å². The molecule has 2 heterocycles. The summed E-state index contributed by atoms with van der Waals surface area (Å²) in [6.45, 7) is -0.0556. The Bertz CT molecular complexity index is 1190. The first-order valence-corrected chi connectivity index (χ1v) is 10.3. The van der Waals surface area contributed by atoms with E-state index in [0.717, 1.165) is 17.0 Å². The molecule has 0 bridgehead atoms. The second-order valence-corrected chi connectivity index (χ2v) is 8.07. The lowest BCUT2D eigenvalue weighted by molar-refractivity contribution is -0.138. The van der Waals surface area contributed by atoms with Crippen LogP contribution in [-0.4, -0.2) is 16.7 Å². The van der Waals surface area contributed by atoms with Gasteiger partial charge in [0.15, 0.2) is 0 Å². The largest absolute Gasteiger partial charge is 0.416 e. The number of rotatable bonds is 5. The molecule has 158 valence electrons. The molecule has 3 aromatic rings. The maximum Gasteiger partial charge on any atom is 0.416 e. The zero-order valence-corrected chi connectivity index (χ0v) is 17.3. The lowest BCUT2D eigenvalue weighted by atomic mass is 10.1. The Morgan fingerprint density at radius 3 is 2.42 bits per heavy atom. The molecule has 0 aliphatic carbocycles. The lowest BCUT2D eigenvalue weighted by Crippen LogP contribution is -2.32. The summed E-state index contributed by atoms with van der Waals surface area (Å²) in [6, 6.07) is 14.7. The maximum absolute atomic E-state index is 13.1. The zero-order chi connectivity index (χ0) is 22.2. The van der Waals surface area contributed by atoms with Crippen LogP contribution >= 0.6 is 22.9 Å². The molecule has 1 aromatic heterocycles. The van der Waals surface area contributed by atoms with Crippen LogP contribution < -0.4 is 5.32 Å². The van der Waals surface area contributed by atoms with Crippen LogP contribution in [0.2, 0.25) is 5.02 Å². The van der Waals surface area contributed by atoms with Crippen molar-refractivity contribution >= 4 is 46.0 Å². The maximum atomic E-state index is 13.1. The van der Waals surface area contributed by atoms with Crippen molar-refractivity contribution in [3.05, 3.63) is 92.8 Å². The fraction of sp³-hybridized carbons (Fsp3) is 0.0909. The Hall–Kier alpha value is -3.10. The number of nitrogens with zero attached hydrogens (tertiary/aromatic N) is 1. The molecule has 4 rings (SSSR count). The van der Waals surface area contributed by atoms with Crippen molar-refractivity contribution in [1.29, 1.82) is 0 Å². The first-order chi connectivity index (χ1) is 14.8. The second kappa shape index (κ2) is 8.20.